The minimum atomic E-state index is -4.44. The summed E-state index contributed by atoms with van der Waals surface area (Å²) in [7, 11) is 1.51. The number of rotatable bonds is 10. The first-order valence-corrected chi connectivity index (χ1v) is 11.7. The fourth-order valence-corrected chi connectivity index (χ4v) is 4.13. The van der Waals surface area contributed by atoms with Gasteiger partial charge in [0.05, 0.1) is 35.5 Å². The van der Waals surface area contributed by atoms with Crippen molar-refractivity contribution in [3.63, 3.8) is 0 Å². The molecule has 0 radical (unpaired) electrons. The van der Waals surface area contributed by atoms with Gasteiger partial charge in [0.1, 0.15) is 6.61 Å². The van der Waals surface area contributed by atoms with Crippen molar-refractivity contribution < 1.29 is 27.4 Å². The Labute approximate surface area is 211 Å². The molecule has 184 valence electrons. The van der Waals surface area contributed by atoms with Gasteiger partial charge in [0.15, 0.2) is 16.6 Å². The number of halogens is 4. The van der Waals surface area contributed by atoms with Gasteiger partial charge in [0.25, 0.3) is 0 Å². The molecule has 7 nitrogen and oxygen atoms in total. The number of hydrazone groups is 1. The zero-order valence-corrected chi connectivity index (χ0v) is 20.8. The second-order valence-electron chi connectivity index (χ2n) is 6.95. The Morgan fingerprint density at radius 2 is 2.11 bits per heavy atom. The van der Waals surface area contributed by atoms with Crippen LogP contribution in [-0.2, 0) is 17.4 Å². The van der Waals surface area contributed by atoms with Crippen LogP contribution in [0.4, 0.5) is 24.0 Å². The molecule has 2 aromatic carbocycles. The largest absolute Gasteiger partial charge is 0.493 e. The van der Waals surface area contributed by atoms with Crippen molar-refractivity contribution >= 4 is 50.2 Å². The summed E-state index contributed by atoms with van der Waals surface area (Å²) in [5, 5.41) is 8.78. The van der Waals surface area contributed by atoms with E-state index in [4.69, 9.17) is 9.47 Å². The third kappa shape index (κ3) is 7.55. The fraction of sp³-hybridized carbons (Fsp3) is 0.174. The monoisotopic (exact) mass is 568 g/mol. The molecule has 0 atom stereocenters. The van der Waals surface area contributed by atoms with E-state index >= 15 is 0 Å². The normalized spacial score (nSPS) is 11.3. The summed E-state index contributed by atoms with van der Waals surface area (Å²) in [4.78, 5) is 16.5. The molecule has 0 fully saturated rings. The number of benzene rings is 2. The molecule has 0 saturated carbocycles. The second-order valence-corrected chi connectivity index (χ2v) is 8.66. The van der Waals surface area contributed by atoms with Gasteiger partial charge in [-0.15, -0.1) is 11.3 Å². The molecular formula is C23H20BrF3N4O3S. The van der Waals surface area contributed by atoms with Crippen molar-refractivity contribution in [1.82, 2.24) is 10.4 Å². The van der Waals surface area contributed by atoms with Gasteiger partial charge in [-0.25, -0.2) is 10.4 Å². The van der Waals surface area contributed by atoms with Crippen molar-refractivity contribution in [3.8, 4) is 11.5 Å². The molecule has 3 aromatic rings. The lowest BCUT2D eigenvalue weighted by atomic mass is 10.2. The summed E-state index contributed by atoms with van der Waals surface area (Å²) in [6.07, 6.45) is -1.43. The number of aromatic nitrogens is 1. The molecule has 1 amide bonds. The highest BCUT2D eigenvalue weighted by Crippen LogP contribution is 2.36. The first kappa shape index (κ1) is 26.2. The standard InChI is InChI=1S/C23H20BrF3N4O3S/c1-3-7-34-21-18(24)8-14(9-19(21)33-2)12-28-31-20(32)11-17-13-35-22(30-17)29-16-6-4-5-15(10-16)23(25,26)27/h3-6,8-10,12-13H,1,7,11H2,2H3,(H,29,30)(H,31,32)/b28-12-. The minimum Gasteiger partial charge on any atom is -0.493 e. The summed E-state index contributed by atoms with van der Waals surface area (Å²) < 4.78 is 50.2. The van der Waals surface area contributed by atoms with Crippen LogP contribution in [0.3, 0.4) is 0 Å². The zero-order valence-electron chi connectivity index (χ0n) is 18.4. The Morgan fingerprint density at radius 1 is 1.31 bits per heavy atom. The predicted octanol–water partition coefficient (Wildman–Crippen LogP) is 5.93. The highest BCUT2D eigenvalue weighted by molar-refractivity contribution is 9.10. The number of carbonyl (C=O) groups is 1. The van der Waals surface area contributed by atoms with Crippen molar-refractivity contribution in [3.05, 3.63) is 75.7 Å². The Hall–Kier alpha value is -3.38. The van der Waals surface area contributed by atoms with Gasteiger partial charge >= 0.3 is 6.18 Å². The van der Waals surface area contributed by atoms with Crippen LogP contribution in [0.25, 0.3) is 0 Å². The van der Waals surface area contributed by atoms with Gasteiger partial charge in [-0.2, -0.15) is 18.3 Å². The molecule has 2 N–H and O–H groups in total. The molecule has 12 heteroatoms. The summed E-state index contributed by atoms with van der Waals surface area (Å²) in [6.45, 7) is 3.92. The molecule has 1 aromatic heterocycles. The average molecular weight is 569 g/mol. The Bertz CT molecular complexity index is 1230. The van der Waals surface area contributed by atoms with Crippen LogP contribution < -0.4 is 20.2 Å². The van der Waals surface area contributed by atoms with E-state index in [9.17, 15) is 18.0 Å². The topological polar surface area (TPSA) is 84.8 Å². The van der Waals surface area contributed by atoms with Gasteiger partial charge in [0, 0.05) is 11.1 Å². The van der Waals surface area contributed by atoms with E-state index in [2.05, 4.69) is 43.3 Å². The molecule has 0 saturated heterocycles. The van der Waals surface area contributed by atoms with Crippen LogP contribution >= 0.6 is 27.3 Å². The number of nitrogens with zero attached hydrogens (tertiary/aromatic N) is 2. The van der Waals surface area contributed by atoms with Crippen LogP contribution in [0, 0.1) is 0 Å². The van der Waals surface area contributed by atoms with Crippen LogP contribution in [0.5, 0.6) is 11.5 Å². The molecule has 0 aliphatic heterocycles. The lowest BCUT2D eigenvalue weighted by Crippen LogP contribution is -2.20. The number of anilines is 2. The maximum absolute atomic E-state index is 12.9. The van der Waals surface area contributed by atoms with Crippen molar-refractivity contribution in [2.75, 3.05) is 19.0 Å². The van der Waals surface area contributed by atoms with E-state index < -0.39 is 17.6 Å². The quantitative estimate of drug-likeness (QED) is 0.180. The lowest BCUT2D eigenvalue weighted by molar-refractivity contribution is -0.137. The molecule has 0 unspecified atom stereocenters. The van der Waals surface area contributed by atoms with Crippen molar-refractivity contribution in [2.24, 2.45) is 5.10 Å². The molecule has 0 aliphatic rings. The predicted molar refractivity (Wildman–Crippen MR) is 133 cm³/mol. The fourth-order valence-electron chi connectivity index (χ4n) is 2.82. The minimum absolute atomic E-state index is 0.0561. The van der Waals surface area contributed by atoms with Gasteiger partial charge in [-0.05, 0) is 51.8 Å². The SMILES string of the molecule is C=CCOc1c(Br)cc(/C=N\NC(=O)Cc2csc(Nc3cccc(C(F)(F)F)c3)n2)cc1OC. The summed E-state index contributed by atoms with van der Waals surface area (Å²) in [5.41, 5.74) is 3.00. The molecule has 1 heterocycles. The number of carbonyl (C=O) groups excluding carboxylic acids is 1. The lowest BCUT2D eigenvalue weighted by Gasteiger charge is -2.12. The van der Waals surface area contributed by atoms with E-state index in [0.717, 1.165) is 12.1 Å². The summed E-state index contributed by atoms with van der Waals surface area (Å²) >= 11 is 4.59. The van der Waals surface area contributed by atoms with E-state index in [0.29, 0.717) is 39.0 Å². The molecular weight excluding hydrogens is 549 g/mol. The van der Waals surface area contributed by atoms with Crippen LogP contribution in [0.1, 0.15) is 16.8 Å². The number of amides is 1. The number of thiazole rings is 1. The third-order valence-corrected chi connectivity index (χ3v) is 5.73. The van der Waals surface area contributed by atoms with E-state index in [-0.39, 0.29) is 12.1 Å². The number of nitrogens with one attached hydrogen (secondary N) is 2. The van der Waals surface area contributed by atoms with E-state index in [1.807, 2.05) is 0 Å². The maximum Gasteiger partial charge on any atom is 0.416 e. The number of methoxy groups -OCH3 is 1. The molecule has 0 aliphatic carbocycles. The van der Waals surface area contributed by atoms with Crippen LogP contribution in [0.2, 0.25) is 0 Å². The Kier molecular flexibility index (Phi) is 8.88. The maximum atomic E-state index is 12.9. The van der Waals surface area contributed by atoms with Crippen molar-refractivity contribution in [1.29, 1.82) is 0 Å². The second kappa shape index (κ2) is 11.8. The Balaban J connectivity index is 1.57. The summed E-state index contributed by atoms with van der Waals surface area (Å²) in [5.74, 6) is 0.595. The average Bonchev–Trinajstić information content (AvgIpc) is 3.24. The first-order chi connectivity index (χ1) is 16.7. The molecule has 3 rings (SSSR count). The Morgan fingerprint density at radius 3 is 2.83 bits per heavy atom. The summed E-state index contributed by atoms with van der Waals surface area (Å²) in [6, 6.07) is 8.25. The zero-order chi connectivity index (χ0) is 25.4. The van der Waals surface area contributed by atoms with Crippen LogP contribution in [0.15, 0.2) is 64.0 Å². The number of hydrogen-bond acceptors (Lipinski definition) is 7. The highest BCUT2D eigenvalue weighted by atomic mass is 79.9. The molecule has 0 spiro atoms. The van der Waals surface area contributed by atoms with E-state index in [1.165, 1.54) is 36.8 Å². The molecule has 35 heavy (non-hydrogen) atoms. The smallest absolute Gasteiger partial charge is 0.416 e. The number of ether oxygens (including phenoxy) is 2. The van der Waals surface area contributed by atoms with Crippen molar-refractivity contribution in [2.45, 2.75) is 12.6 Å². The van der Waals surface area contributed by atoms with Gasteiger partial charge in [0.2, 0.25) is 5.91 Å². The van der Waals surface area contributed by atoms with E-state index in [1.54, 1.807) is 23.6 Å². The van der Waals surface area contributed by atoms with Gasteiger partial charge < -0.3 is 14.8 Å². The molecule has 0 bridgehead atoms. The highest BCUT2D eigenvalue weighted by Gasteiger charge is 2.30. The number of hydrogen-bond donors (Lipinski definition) is 2. The third-order valence-electron chi connectivity index (χ3n) is 4.33. The van der Waals surface area contributed by atoms with Gasteiger partial charge in [-0.3, -0.25) is 4.79 Å². The number of alkyl halides is 3. The van der Waals surface area contributed by atoms with Gasteiger partial charge in [-0.1, -0.05) is 18.7 Å². The first-order valence-electron chi connectivity index (χ1n) is 10.0. The van der Waals surface area contributed by atoms with Crippen LogP contribution in [-0.4, -0.2) is 30.8 Å².